The predicted octanol–water partition coefficient (Wildman–Crippen LogP) is 1.50. The van der Waals surface area contributed by atoms with Gasteiger partial charge in [-0.05, 0) is 19.8 Å². The average Bonchev–Trinajstić information content (AvgIpc) is 2.74. The van der Waals surface area contributed by atoms with E-state index in [0.29, 0.717) is 0 Å². The molecule has 2 rings (SSSR count). The molecule has 0 aromatic carbocycles. The van der Waals surface area contributed by atoms with Gasteiger partial charge in [-0.1, -0.05) is 19.3 Å². The van der Waals surface area contributed by atoms with E-state index in [0.717, 1.165) is 30.9 Å². The van der Waals surface area contributed by atoms with Gasteiger partial charge in [0, 0.05) is 24.0 Å². The molecule has 4 heteroatoms. The second kappa shape index (κ2) is 4.97. The summed E-state index contributed by atoms with van der Waals surface area (Å²) in [6, 6.07) is 0. The number of aromatic amines is 1. The van der Waals surface area contributed by atoms with Crippen LogP contribution < -0.4 is 5.32 Å². The minimum absolute atomic E-state index is 0.0583. The van der Waals surface area contributed by atoms with Crippen molar-refractivity contribution < 1.29 is 5.11 Å². The van der Waals surface area contributed by atoms with Crippen LogP contribution in [0.4, 0.5) is 0 Å². The first kappa shape index (κ1) is 11.6. The highest BCUT2D eigenvalue weighted by Crippen LogP contribution is 2.27. The molecule has 3 N–H and O–H groups in total. The standard InChI is InChI=1S/C12H21N3O/c1-10-13-7-11(15-10)8-14-12(9-16)5-3-2-4-6-12/h7,14,16H,2-6,8-9H2,1H3,(H,13,15). The van der Waals surface area contributed by atoms with Gasteiger partial charge >= 0.3 is 0 Å². The molecule has 0 unspecified atom stereocenters. The molecule has 4 nitrogen and oxygen atoms in total. The predicted molar refractivity (Wildman–Crippen MR) is 63.1 cm³/mol. The SMILES string of the molecule is Cc1ncc(CNC2(CO)CCCCC2)[nH]1. The van der Waals surface area contributed by atoms with Crippen LogP contribution >= 0.6 is 0 Å². The van der Waals surface area contributed by atoms with E-state index in [1.165, 1.54) is 19.3 Å². The van der Waals surface area contributed by atoms with Crippen LogP contribution in [0.2, 0.25) is 0 Å². The molecule has 90 valence electrons. The molecule has 0 aliphatic heterocycles. The molecule has 1 aromatic rings. The quantitative estimate of drug-likeness (QED) is 0.725. The van der Waals surface area contributed by atoms with E-state index in [2.05, 4.69) is 15.3 Å². The Morgan fingerprint density at radius 1 is 1.44 bits per heavy atom. The van der Waals surface area contributed by atoms with Crippen molar-refractivity contribution in [3.8, 4) is 0 Å². The molecule has 1 saturated carbocycles. The fraction of sp³-hybridized carbons (Fsp3) is 0.750. The third-order valence-corrected chi connectivity index (χ3v) is 3.52. The van der Waals surface area contributed by atoms with Crippen LogP contribution in [0.1, 0.15) is 43.6 Å². The van der Waals surface area contributed by atoms with E-state index in [1.54, 1.807) is 0 Å². The van der Waals surface area contributed by atoms with Crippen LogP contribution in [-0.4, -0.2) is 27.2 Å². The summed E-state index contributed by atoms with van der Waals surface area (Å²) in [5.74, 6) is 0.943. The highest BCUT2D eigenvalue weighted by atomic mass is 16.3. The van der Waals surface area contributed by atoms with Gasteiger partial charge in [-0.15, -0.1) is 0 Å². The second-order valence-electron chi connectivity index (χ2n) is 4.85. The molecule has 0 spiro atoms. The van der Waals surface area contributed by atoms with Gasteiger partial charge in [0.1, 0.15) is 5.82 Å². The number of hydrogen-bond acceptors (Lipinski definition) is 3. The van der Waals surface area contributed by atoms with E-state index in [4.69, 9.17) is 0 Å². The first-order chi connectivity index (χ1) is 7.74. The molecule has 0 saturated heterocycles. The van der Waals surface area contributed by atoms with Crippen molar-refractivity contribution in [3.63, 3.8) is 0 Å². The number of imidazole rings is 1. The zero-order chi connectivity index (χ0) is 11.4. The normalized spacial score (nSPS) is 19.9. The van der Waals surface area contributed by atoms with Crippen LogP contribution in [0.3, 0.4) is 0 Å². The largest absolute Gasteiger partial charge is 0.394 e. The summed E-state index contributed by atoms with van der Waals surface area (Å²) in [4.78, 5) is 7.37. The summed E-state index contributed by atoms with van der Waals surface area (Å²) in [5, 5.41) is 13.0. The lowest BCUT2D eigenvalue weighted by Crippen LogP contribution is -2.49. The number of hydrogen-bond donors (Lipinski definition) is 3. The van der Waals surface area contributed by atoms with Crippen molar-refractivity contribution in [2.24, 2.45) is 0 Å². The Morgan fingerprint density at radius 2 is 2.19 bits per heavy atom. The highest BCUT2D eigenvalue weighted by molar-refractivity contribution is 5.01. The molecule has 16 heavy (non-hydrogen) atoms. The number of H-pyrrole nitrogens is 1. The van der Waals surface area contributed by atoms with E-state index in [-0.39, 0.29) is 12.1 Å². The zero-order valence-corrected chi connectivity index (χ0v) is 9.92. The van der Waals surface area contributed by atoms with E-state index >= 15 is 0 Å². The van der Waals surface area contributed by atoms with Gasteiger partial charge in [0.15, 0.2) is 0 Å². The summed E-state index contributed by atoms with van der Waals surface area (Å²) in [6.07, 6.45) is 7.75. The Kier molecular flexibility index (Phi) is 3.61. The maximum Gasteiger partial charge on any atom is 0.103 e. The zero-order valence-electron chi connectivity index (χ0n) is 9.92. The second-order valence-corrected chi connectivity index (χ2v) is 4.85. The van der Waals surface area contributed by atoms with Gasteiger partial charge in [-0.3, -0.25) is 0 Å². The monoisotopic (exact) mass is 223 g/mol. The summed E-state index contributed by atoms with van der Waals surface area (Å²) < 4.78 is 0. The third kappa shape index (κ3) is 2.62. The van der Waals surface area contributed by atoms with Crippen molar-refractivity contribution in [3.05, 3.63) is 17.7 Å². The molecule has 0 bridgehead atoms. The topological polar surface area (TPSA) is 60.9 Å². The number of nitrogens with one attached hydrogen (secondary N) is 2. The van der Waals surface area contributed by atoms with Crippen molar-refractivity contribution in [2.75, 3.05) is 6.61 Å². The lowest BCUT2D eigenvalue weighted by atomic mass is 9.82. The molecule has 0 amide bonds. The fourth-order valence-corrected chi connectivity index (χ4v) is 2.46. The number of aliphatic hydroxyl groups excluding tert-OH is 1. The molecule has 1 heterocycles. The lowest BCUT2D eigenvalue weighted by Gasteiger charge is -2.36. The van der Waals surface area contributed by atoms with Gasteiger partial charge < -0.3 is 15.4 Å². The van der Waals surface area contributed by atoms with Crippen LogP contribution in [0.15, 0.2) is 6.20 Å². The van der Waals surface area contributed by atoms with Gasteiger partial charge in [-0.25, -0.2) is 4.98 Å². The Balaban J connectivity index is 1.91. The number of aryl methyl sites for hydroxylation is 1. The molecular weight excluding hydrogens is 202 g/mol. The van der Waals surface area contributed by atoms with Crippen LogP contribution in [0.5, 0.6) is 0 Å². The first-order valence-electron chi connectivity index (χ1n) is 6.10. The molecule has 1 aliphatic rings. The number of aromatic nitrogens is 2. The molecular formula is C12H21N3O. The van der Waals surface area contributed by atoms with Gasteiger partial charge in [0.25, 0.3) is 0 Å². The molecule has 1 fully saturated rings. The van der Waals surface area contributed by atoms with Crippen molar-refractivity contribution in [1.29, 1.82) is 0 Å². The Hall–Kier alpha value is -0.870. The van der Waals surface area contributed by atoms with Crippen molar-refractivity contribution >= 4 is 0 Å². The van der Waals surface area contributed by atoms with Gasteiger partial charge in [-0.2, -0.15) is 0 Å². The highest BCUT2D eigenvalue weighted by Gasteiger charge is 2.30. The minimum atomic E-state index is -0.0583. The lowest BCUT2D eigenvalue weighted by molar-refractivity contribution is 0.119. The summed E-state index contributed by atoms with van der Waals surface area (Å²) in [7, 11) is 0. The van der Waals surface area contributed by atoms with Gasteiger partial charge in [0.2, 0.25) is 0 Å². The third-order valence-electron chi connectivity index (χ3n) is 3.52. The molecule has 1 aromatic heterocycles. The number of nitrogens with zero attached hydrogens (tertiary/aromatic N) is 1. The van der Waals surface area contributed by atoms with Crippen LogP contribution in [0.25, 0.3) is 0 Å². The number of rotatable bonds is 4. The van der Waals surface area contributed by atoms with E-state index < -0.39 is 0 Å². The van der Waals surface area contributed by atoms with Gasteiger partial charge in [0.05, 0.1) is 6.61 Å². The summed E-state index contributed by atoms with van der Waals surface area (Å²) >= 11 is 0. The van der Waals surface area contributed by atoms with E-state index in [9.17, 15) is 5.11 Å². The van der Waals surface area contributed by atoms with Crippen LogP contribution in [-0.2, 0) is 6.54 Å². The maximum absolute atomic E-state index is 9.54. The Morgan fingerprint density at radius 3 is 2.75 bits per heavy atom. The fourth-order valence-electron chi connectivity index (χ4n) is 2.46. The number of aliphatic hydroxyl groups is 1. The first-order valence-corrected chi connectivity index (χ1v) is 6.10. The summed E-state index contributed by atoms with van der Waals surface area (Å²) in [5.41, 5.74) is 1.04. The molecule has 0 radical (unpaired) electrons. The smallest absolute Gasteiger partial charge is 0.103 e. The van der Waals surface area contributed by atoms with Crippen molar-refractivity contribution in [1.82, 2.24) is 15.3 Å². The summed E-state index contributed by atoms with van der Waals surface area (Å²) in [6.45, 7) is 2.95. The van der Waals surface area contributed by atoms with Crippen molar-refractivity contribution in [2.45, 2.75) is 51.1 Å². The Bertz CT molecular complexity index is 329. The average molecular weight is 223 g/mol. The maximum atomic E-state index is 9.54. The molecule has 1 aliphatic carbocycles. The molecule has 0 atom stereocenters. The Labute approximate surface area is 96.5 Å². The minimum Gasteiger partial charge on any atom is -0.394 e. The van der Waals surface area contributed by atoms with E-state index in [1.807, 2.05) is 13.1 Å². The van der Waals surface area contributed by atoms with Crippen LogP contribution in [0, 0.1) is 6.92 Å².